The van der Waals surface area contributed by atoms with Gasteiger partial charge in [-0.1, -0.05) is 54.6 Å². The molecule has 0 unspecified atom stereocenters. The molecule has 1 heterocycles. The summed E-state index contributed by atoms with van der Waals surface area (Å²) in [5.41, 5.74) is 10.6. The van der Waals surface area contributed by atoms with Gasteiger partial charge in [-0.15, -0.1) is 6.58 Å². The van der Waals surface area contributed by atoms with Crippen molar-refractivity contribution in [2.24, 2.45) is 5.73 Å². The first-order chi connectivity index (χ1) is 15.3. The van der Waals surface area contributed by atoms with E-state index in [1.165, 1.54) is 0 Å². The minimum Gasteiger partial charge on any atom is -0.507 e. The van der Waals surface area contributed by atoms with Crippen LogP contribution in [0.5, 0.6) is 5.75 Å². The molecule has 32 heavy (non-hydrogen) atoms. The molecule has 2 aromatic carbocycles. The summed E-state index contributed by atoms with van der Waals surface area (Å²) in [6.07, 6.45) is 6.12. The molecular weight excluding hydrogens is 400 g/mol. The number of nitrogens with two attached hydrogens (primary N) is 1. The van der Waals surface area contributed by atoms with Crippen molar-refractivity contribution in [3.8, 4) is 5.75 Å². The van der Waals surface area contributed by atoms with Crippen molar-refractivity contribution in [1.29, 1.82) is 0 Å². The fourth-order valence-corrected chi connectivity index (χ4v) is 4.06. The van der Waals surface area contributed by atoms with Crippen LogP contribution in [-0.4, -0.2) is 21.4 Å². The lowest BCUT2D eigenvalue weighted by Gasteiger charge is -2.14. The van der Waals surface area contributed by atoms with E-state index in [9.17, 15) is 14.7 Å². The zero-order chi connectivity index (χ0) is 23.4. The van der Waals surface area contributed by atoms with Crippen molar-refractivity contribution in [3.63, 3.8) is 0 Å². The number of hydrogen-bond acceptors (Lipinski definition) is 3. The van der Waals surface area contributed by atoms with Crippen LogP contribution in [0.25, 0.3) is 16.5 Å². The number of amides is 1. The van der Waals surface area contributed by atoms with Gasteiger partial charge in [-0.2, -0.15) is 0 Å². The number of aromatic nitrogens is 1. The normalized spacial score (nSPS) is 12.2. The highest BCUT2D eigenvalue weighted by Gasteiger charge is 2.26. The van der Waals surface area contributed by atoms with Gasteiger partial charge in [0.1, 0.15) is 5.75 Å². The summed E-state index contributed by atoms with van der Waals surface area (Å²) in [6.45, 7) is 9.96. The molecule has 0 bridgehead atoms. The molecule has 1 aromatic heterocycles. The minimum absolute atomic E-state index is 0.0230. The molecule has 0 saturated heterocycles. The Morgan fingerprint density at radius 1 is 1.16 bits per heavy atom. The Morgan fingerprint density at radius 2 is 1.84 bits per heavy atom. The Bertz CT molecular complexity index is 1260. The molecule has 164 valence electrons. The molecule has 1 amide bonds. The summed E-state index contributed by atoms with van der Waals surface area (Å²) in [4.78, 5) is 24.5. The Hall–Kier alpha value is -3.86. The molecule has 0 spiro atoms. The first-order valence-corrected chi connectivity index (χ1v) is 10.5. The molecule has 3 aromatic rings. The number of Topliss-reactive ketones (excluding diaryl/α,β-unsaturated/α-hetero) is 1. The van der Waals surface area contributed by atoms with E-state index >= 15 is 0 Å². The van der Waals surface area contributed by atoms with Gasteiger partial charge < -0.3 is 15.4 Å². The number of phenols is 1. The molecule has 0 radical (unpaired) electrons. The van der Waals surface area contributed by atoms with Crippen molar-refractivity contribution in [1.82, 2.24) is 4.57 Å². The second kappa shape index (κ2) is 9.52. The van der Waals surface area contributed by atoms with Gasteiger partial charge in [0.2, 0.25) is 0 Å². The number of carbonyl (C=O) groups excluding carboxylic acids is 2. The molecule has 0 aliphatic carbocycles. The zero-order valence-corrected chi connectivity index (χ0v) is 18.7. The molecule has 0 fully saturated rings. The highest BCUT2D eigenvalue weighted by molar-refractivity contribution is 6.45. The van der Waals surface area contributed by atoms with Gasteiger partial charge in [-0.25, -0.2) is 0 Å². The Morgan fingerprint density at radius 3 is 2.44 bits per heavy atom. The molecule has 0 aliphatic heterocycles. The molecule has 3 N–H and O–H groups in total. The van der Waals surface area contributed by atoms with Crippen LogP contribution >= 0.6 is 0 Å². The van der Waals surface area contributed by atoms with Crippen LogP contribution in [0.15, 0.2) is 72.8 Å². The molecular formula is C27H28N2O3. The van der Waals surface area contributed by atoms with Crippen LogP contribution in [-0.2, 0) is 17.8 Å². The Balaban J connectivity index is 2.29. The number of rotatable bonds is 8. The van der Waals surface area contributed by atoms with Gasteiger partial charge >= 0.3 is 0 Å². The highest BCUT2D eigenvalue weighted by atomic mass is 16.3. The first kappa shape index (κ1) is 22.8. The minimum atomic E-state index is -1.05. The molecule has 0 atom stereocenters. The van der Waals surface area contributed by atoms with Gasteiger partial charge in [-0.3, -0.25) is 9.59 Å². The third-order valence-electron chi connectivity index (χ3n) is 5.75. The number of carbonyl (C=O) groups is 2. The van der Waals surface area contributed by atoms with E-state index in [1.54, 1.807) is 13.0 Å². The number of phenolic OH excluding ortho intramolecular Hbond substituents is 1. The summed E-state index contributed by atoms with van der Waals surface area (Å²) in [7, 11) is 0. The van der Waals surface area contributed by atoms with Crippen molar-refractivity contribution in [3.05, 3.63) is 95.2 Å². The van der Waals surface area contributed by atoms with Gasteiger partial charge in [-0.05, 0) is 55.5 Å². The number of ketones is 1. The topological polar surface area (TPSA) is 85.3 Å². The largest absolute Gasteiger partial charge is 0.507 e. The van der Waals surface area contributed by atoms with Gasteiger partial charge in [0.15, 0.2) is 0 Å². The van der Waals surface area contributed by atoms with E-state index in [0.717, 1.165) is 16.7 Å². The summed E-state index contributed by atoms with van der Waals surface area (Å²) in [5, 5.41) is 11.3. The smallest absolute Gasteiger partial charge is 0.289 e. The lowest BCUT2D eigenvalue weighted by Crippen LogP contribution is -2.23. The van der Waals surface area contributed by atoms with Crippen LogP contribution in [0.2, 0.25) is 0 Å². The van der Waals surface area contributed by atoms with E-state index in [-0.39, 0.29) is 11.3 Å². The van der Waals surface area contributed by atoms with E-state index in [4.69, 9.17) is 5.73 Å². The van der Waals surface area contributed by atoms with E-state index in [2.05, 4.69) is 25.6 Å². The third-order valence-corrected chi connectivity index (χ3v) is 5.75. The number of hydrogen-bond donors (Lipinski definition) is 2. The van der Waals surface area contributed by atoms with Crippen molar-refractivity contribution in [2.75, 3.05) is 0 Å². The summed E-state index contributed by atoms with van der Waals surface area (Å²) in [5.74, 6) is -1.88. The van der Waals surface area contributed by atoms with Gasteiger partial charge in [0, 0.05) is 12.2 Å². The summed E-state index contributed by atoms with van der Waals surface area (Å²) < 4.78 is 1.95. The predicted molar refractivity (Wildman–Crippen MR) is 130 cm³/mol. The molecule has 0 aliphatic rings. The molecule has 3 rings (SSSR count). The van der Waals surface area contributed by atoms with Crippen LogP contribution in [0.3, 0.4) is 0 Å². The maximum atomic E-state index is 12.7. The molecule has 0 saturated carbocycles. The fraction of sp³-hybridized carbons (Fsp3) is 0.185. The van der Waals surface area contributed by atoms with E-state index < -0.39 is 11.7 Å². The lowest BCUT2D eigenvalue weighted by atomic mass is 10.0. The third kappa shape index (κ3) is 4.14. The van der Waals surface area contributed by atoms with E-state index in [0.29, 0.717) is 35.1 Å². The SMILES string of the molecule is C=CCc1ccc2c(c1O)c(C(=O)C(N)=O)c(C)n2CC(/C=C\C)=C(/C)c1ccccc1. The second-order valence-corrected chi connectivity index (χ2v) is 7.72. The van der Waals surface area contributed by atoms with Crippen molar-refractivity contribution >= 4 is 28.2 Å². The van der Waals surface area contributed by atoms with Gasteiger partial charge in [0.25, 0.3) is 11.7 Å². The standard InChI is InChI=1S/C27H28N2O3/c1-5-10-20-14-15-22-24(25(20)30)23(26(31)27(28)32)18(4)29(22)16-21(11-6-2)17(3)19-12-8-7-9-13-19/h5-9,11-15,30H,1,10,16H2,2-4H3,(H2,28,32)/b11-6-,21-17-. The predicted octanol–water partition coefficient (Wildman–Crippen LogP) is 5.10. The lowest BCUT2D eigenvalue weighted by molar-refractivity contribution is -0.114. The second-order valence-electron chi connectivity index (χ2n) is 7.72. The summed E-state index contributed by atoms with van der Waals surface area (Å²) >= 11 is 0. The highest BCUT2D eigenvalue weighted by Crippen LogP contribution is 2.37. The molecule has 5 nitrogen and oxygen atoms in total. The quantitative estimate of drug-likeness (QED) is 0.226. The maximum Gasteiger partial charge on any atom is 0.289 e. The number of benzene rings is 2. The first-order valence-electron chi connectivity index (χ1n) is 10.5. The number of allylic oxidation sites excluding steroid dienone is 5. The van der Waals surface area contributed by atoms with Crippen molar-refractivity contribution in [2.45, 2.75) is 33.7 Å². The average Bonchev–Trinajstić information content (AvgIpc) is 3.07. The van der Waals surface area contributed by atoms with Crippen LogP contribution in [0.1, 0.15) is 41.0 Å². The number of primary amides is 1. The van der Waals surface area contributed by atoms with E-state index in [1.807, 2.05) is 54.0 Å². The average molecular weight is 429 g/mol. The Labute approximate surface area is 188 Å². The monoisotopic (exact) mass is 428 g/mol. The molecule has 5 heteroatoms. The van der Waals surface area contributed by atoms with Crippen molar-refractivity contribution < 1.29 is 14.7 Å². The van der Waals surface area contributed by atoms with Gasteiger partial charge in [0.05, 0.1) is 16.5 Å². The number of nitrogens with zero attached hydrogens (tertiary/aromatic N) is 1. The van der Waals surface area contributed by atoms with Crippen LogP contribution in [0.4, 0.5) is 0 Å². The number of aromatic hydroxyl groups is 1. The zero-order valence-electron chi connectivity index (χ0n) is 18.7. The maximum absolute atomic E-state index is 12.7. The van der Waals surface area contributed by atoms with Crippen LogP contribution in [0, 0.1) is 6.92 Å². The fourth-order valence-electron chi connectivity index (χ4n) is 4.06. The number of fused-ring (bicyclic) bond motifs is 1. The Kier molecular flexibility index (Phi) is 6.79. The summed E-state index contributed by atoms with van der Waals surface area (Å²) in [6, 6.07) is 13.7. The van der Waals surface area contributed by atoms with Crippen LogP contribution < -0.4 is 5.73 Å².